The number of phosphoric ester groups is 2. The molecule has 0 bridgehead atoms. The monoisotopic (exact) mass is 1490 g/mol. The fourth-order valence-corrected chi connectivity index (χ4v) is 13.1. The molecule has 0 rings (SSSR count). The van der Waals surface area contributed by atoms with Gasteiger partial charge < -0.3 is 34.2 Å². The molecule has 0 aliphatic carbocycles. The van der Waals surface area contributed by atoms with Gasteiger partial charge in [-0.15, -0.1) is 0 Å². The lowest BCUT2D eigenvalue weighted by atomic mass is 10.0. The van der Waals surface area contributed by atoms with Gasteiger partial charge >= 0.3 is 33.6 Å². The molecular formula is C85H152O16P2. The van der Waals surface area contributed by atoms with Gasteiger partial charge in [-0.25, -0.2) is 9.13 Å². The molecule has 103 heavy (non-hydrogen) atoms. The number of rotatable bonds is 79. The summed E-state index contributed by atoms with van der Waals surface area (Å²) < 4.78 is 61.2. The summed E-state index contributed by atoms with van der Waals surface area (Å²) in [6.45, 7) is 2.58. The average molecular weight is 1490 g/mol. The summed E-state index contributed by atoms with van der Waals surface area (Å²) in [5.74, 6) is -1.57. The molecule has 0 aromatic heterocycles. The average Bonchev–Trinajstić information content (AvgIpc) is 0.917. The van der Waals surface area contributed by atoms with Gasteiger partial charge in [0, 0.05) is 19.3 Å². The first-order valence-corrected chi connectivity index (χ1v) is 44.5. The Balaban J connectivity index is 4.42. The van der Waals surface area contributed by atoms with Crippen molar-refractivity contribution in [3.63, 3.8) is 0 Å². The lowest BCUT2D eigenvalue weighted by Crippen LogP contribution is -2.30. The summed E-state index contributed by atoms with van der Waals surface area (Å²) in [7, 11) is -9.78. The van der Waals surface area contributed by atoms with Gasteiger partial charge in [-0.1, -0.05) is 343 Å². The first-order chi connectivity index (χ1) is 50.2. The van der Waals surface area contributed by atoms with Crippen molar-refractivity contribution in [2.24, 2.45) is 0 Å². The number of hydrogen-bond acceptors (Lipinski definition) is 14. The van der Waals surface area contributed by atoms with Gasteiger partial charge in [-0.05, 0) is 103 Å². The first-order valence-electron chi connectivity index (χ1n) is 41.5. The number of aliphatic hydroxyl groups excluding tert-OH is 2. The summed E-state index contributed by atoms with van der Waals surface area (Å²) in [5, 5.41) is 20.7. The van der Waals surface area contributed by atoms with Gasteiger partial charge in [-0.3, -0.25) is 32.5 Å². The zero-order valence-corrected chi connectivity index (χ0v) is 67.3. The second-order valence-electron chi connectivity index (χ2n) is 27.9. The minimum absolute atomic E-state index is 0.105. The highest BCUT2D eigenvalue weighted by Crippen LogP contribution is 2.45. The van der Waals surface area contributed by atoms with Gasteiger partial charge in [0.1, 0.15) is 25.4 Å². The minimum atomic E-state index is -4.93. The molecule has 0 radical (unpaired) electrons. The molecule has 16 nitrogen and oxygen atoms in total. The Kier molecular flexibility index (Phi) is 75.4. The molecule has 0 aliphatic rings. The Hall–Kier alpha value is -3.53. The molecular weight excluding hydrogens is 1340 g/mol. The Labute approximate surface area is 628 Å². The molecule has 4 N–H and O–H groups in total. The molecule has 5 atom stereocenters. The van der Waals surface area contributed by atoms with Crippen LogP contribution in [-0.2, 0) is 55.8 Å². The van der Waals surface area contributed by atoms with E-state index in [0.717, 1.165) is 128 Å². The van der Waals surface area contributed by atoms with Crippen LogP contribution in [0.4, 0.5) is 0 Å². The van der Waals surface area contributed by atoms with Crippen LogP contribution < -0.4 is 0 Å². The molecule has 0 saturated heterocycles. The Morgan fingerprint density at radius 2 is 0.515 bits per heavy atom. The molecule has 0 fully saturated rings. The quantitative estimate of drug-likeness (QED) is 0.0146. The van der Waals surface area contributed by atoms with E-state index < -0.39 is 91.5 Å². The number of allylic oxidation sites excluding steroid dienone is 16. The van der Waals surface area contributed by atoms with Crippen molar-refractivity contribution in [2.45, 2.75) is 386 Å². The Bertz CT molecular complexity index is 2260. The molecule has 0 amide bonds. The zero-order valence-electron chi connectivity index (χ0n) is 65.5. The minimum Gasteiger partial charge on any atom is -0.463 e. The van der Waals surface area contributed by atoms with Crippen LogP contribution in [0, 0.1) is 0 Å². The topological polar surface area (TPSA) is 231 Å². The van der Waals surface area contributed by atoms with Crippen LogP contribution in [0.2, 0.25) is 0 Å². The molecule has 0 aliphatic heterocycles. The highest BCUT2D eigenvalue weighted by atomic mass is 31.2. The van der Waals surface area contributed by atoms with Crippen molar-refractivity contribution in [2.75, 3.05) is 39.6 Å². The summed E-state index contributed by atoms with van der Waals surface area (Å²) in [5.41, 5.74) is 0. The Morgan fingerprint density at radius 1 is 0.282 bits per heavy atom. The number of aliphatic hydroxyl groups is 2. The van der Waals surface area contributed by atoms with E-state index in [9.17, 15) is 43.5 Å². The van der Waals surface area contributed by atoms with E-state index in [0.29, 0.717) is 19.3 Å². The van der Waals surface area contributed by atoms with Crippen LogP contribution in [0.1, 0.15) is 367 Å². The number of esters is 3. The van der Waals surface area contributed by atoms with Gasteiger partial charge in [0.15, 0.2) is 6.10 Å². The Morgan fingerprint density at radius 3 is 0.835 bits per heavy atom. The highest BCUT2D eigenvalue weighted by Gasteiger charge is 2.29. The van der Waals surface area contributed by atoms with E-state index in [4.69, 9.17) is 32.3 Å². The molecule has 0 heterocycles. The highest BCUT2D eigenvalue weighted by molar-refractivity contribution is 7.47. The van der Waals surface area contributed by atoms with Gasteiger partial charge in [-0.2, -0.15) is 0 Å². The van der Waals surface area contributed by atoms with Crippen LogP contribution in [0.25, 0.3) is 0 Å². The van der Waals surface area contributed by atoms with Crippen molar-refractivity contribution in [3.05, 3.63) is 97.2 Å². The molecule has 598 valence electrons. The maximum atomic E-state index is 13.0. The van der Waals surface area contributed by atoms with Crippen LogP contribution in [-0.4, -0.2) is 95.9 Å². The van der Waals surface area contributed by atoms with E-state index in [1.807, 2.05) is 0 Å². The van der Waals surface area contributed by atoms with E-state index in [-0.39, 0.29) is 19.3 Å². The first kappa shape index (κ1) is 99.5. The predicted octanol–water partition coefficient (Wildman–Crippen LogP) is 24.5. The van der Waals surface area contributed by atoms with Crippen LogP contribution in [0.3, 0.4) is 0 Å². The lowest BCUT2D eigenvalue weighted by molar-refractivity contribution is -0.161. The van der Waals surface area contributed by atoms with Crippen molar-refractivity contribution in [1.82, 2.24) is 0 Å². The smallest absolute Gasteiger partial charge is 0.463 e. The van der Waals surface area contributed by atoms with Crippen molar-refractivity contribution in [1.29, 1.82) is 0 Å². The van der Waals surface area contributed by atoms with Crippen molar-refractivity contribution < 1.29 is 75.8 Å². The van der Waals surface area contributed by atoms with Gasteiger partial charge in [0.05, 0.1) is 26.4 Å². The van der Waals surface area contributed by atoms with Crippen LogP contribution in [0.15, 0.2) is 97.2 Å². The number of phosphoric acid groups is 2. The largest absolute Gasteiger partial charge is 0.472 e. The third-order valence-corrected chi connectivity index (χ3v) is 19.7. The zero-order chi connectivity index (χ0) is 75.2. The normalized spacial score (nSPS) is 14.4. The SMILES string of the molecule is CC/C=C\C/C=C\C/C=C\C/C=C\CCCCCCCCC(=O)OCC(COP(=O)(O)OCC(O)COP(=O)(O)OCC(O)COC(=O)CCCCCCCCCCCCCCCCCCC/C=C\C/C=C\C/C=C\C/C=C\CCCCC)OC(=O)CCCCCCCCCCCCCCCCC. The molecule has 0 aromatic rings. The maximum absolute atomic E-state index is 13.0. The second-order valence-corrected chi connectivity index (χ2v) is 30.8. The lowest BCUT2D eigenvalue weighted by Gasteiger charge is -2.21. The molecule has 0 spiro atoms. The fraction of sp³-hybridized carbons (Fsp3) is 0.776. The second kappa shape index (κ2) is 78.1. The van der Waals surface area contributed by atoms with Crippen molar-refractivity contribution in [3.8, 4) is 0 Å². The summed E-state index contributed by atoms with van der Waals surface area (Å²) in [6.07, 6.45) is 90.4. The molecule has 5 unspecified atom stereocenters. The number of carbonyl (C=O) groups is 3. The van der Waals surface area contributed by atoms with Crippen LogP contribution >= 0.6 is 15.6 Å². The van der Waals surface area contributed by atoms with E-state index in [1.54, 1.807) is 0 Å². The van der Waals surface area contributed by atoms with Crippen LogP contribution in [0.5, 0.6) is 0 Å². The standard InChI is InChI=1S/C85H152O16P2/c1-4-7-10-13-16-19-22-25-28-30-32-33-34-35-36-37-38-39-40-41-42-43-44-45-47-49-51-53-56-59-62-65-68-71-83(88)95-74-80(86)75-97-102(91,92)98-76-81(87)77-99-103(93,94)100-79-82(101-85(90)73-70-67-64-61-58-55-50-27-24-21-18-15-12-9-6-3)78-96-84(89)72-69-66-63-60-57-54-52-48-46-31-29-26-23-20-17-14-11-8-5-2/h8,11,16-17,19-20,25-26,28-29,32-33,35-36,46,48,80-82,86-87H,4-7,9-10,12-15,18,21-24,27,30-31,34,37-45,47,49-79H2,1-3H3,(H,91,92)(H,93,94)/b11-8-,19-16-,20-17-,28-25-,29-26-,33-32-,36-35-,48-46-. The van der Waals surface area contributed by atoms with Gasteiger partial charge in [0.2, 0.25) is 0 Å². The molecule has 0 saturated carbocycles. The third kappa shape index (κ3) is 79.3. The molecule has 0 aromatic carbocycles. The third-order valence-electron chi connectivity index (χ3n) is 17.8. The number of hydrogen-bond donors (Lipinski definition) is 4. The number of ether oxygens (including phenoxy) is 3. The fourth-order valence-electron chi connectivity index (χ4n) is 11.5. The van der Waals surface area contributed by atoms with E-state index in [2.05, 4.69) is 118 Å². The van der Waals surface area contributed by atoms with Gasteiger partial charge in [0.25, 0.3) is 0 Å². The summed E-state index contributed by atoms with van der Waals surface area (Å²) in [6, 6.07) is 0. The maximum Gasteiger partial charge on any atom is 0.472 e. The van der Waals surface area contributed by atoms with E-state index >= 15 is 0 Å². The van der Waals surface area contributed by atoms with E-state index in [1.165, 1.54) is 180 Å². The molecule has 18 heteroatoms. The summed E-state index contributed by atoms with van der Waals surface area (Å²) >= 11 is 0. The predicted molar refractivity (Wildman–Crippen MR) is 427 cm³/mol. The van der Waals surface area contributed by atoms with Crippen molar-refractivity contribution >= 4 is 33.6 Å². The summed E-state index contributed by atoms with van der Waals surface area (Å²) in [4.78, 5) is 58.7. The number of unbranched alkanes of at least 4 members (excludes halogenated alkanes) is 40. The number of carbonyl (C=O) groups excluding carboxylic acids is 3.